The zero-order valence-electron chi connectivity index (χ0n) is 43.4. The molecule has 1 atom stereocenters. The van der Waals surface area contributed by atoms with E-state index < -0.39 is 6.10 Å². The van der Waals surface area contributed by atoms with E-state index in [0.29, 0.717) is 19.3 Å². The van der Waals surface area contributed by atoms with Crippen LogP contribution in [0.1, 0.15) is 271 Å². The predicted molar refractivity (Wildman–Crippen MR) is 284 cm³/mol. The lowest BCUT2D eigenvalue weighted by Gasteiger charge is -2.18. The summed E-state index contributed by atoms with van der Waals surface area (Å²) in [5.41, 5.74) is 0. The van der Waals surface area contributed by atoms with E-state index in [1.54, 1.807) is 0 Å². The molecule has 0 N–H and O–H groups in total. The van der Waals surface area contributed by atoms with Gasteiger partial charge in [-0.05, 0) is 89.9 Å². The van der Waals surface area contributed by atoms with Crippen LogP contribution < -0.4 is 0 Å². The molecule has 0 aliphatic rings. The minimum atomic E-state index is -0.776. The second-order valence-corrected chi connectivity index (χ2v) is 18.5. The van der Waals surface area contributed by atoms with Gasteiger partial charge < -0.3 is 14.2 Å². The molecule has 0 spiro atoms. The number of rotatable bonds is 50. The van der Waals surface area contributed by atoms with Crippen molar-refractivity contribution in [2.75, 3.05) is 13.2 Å². The van der Waals surface area contributed by atoms with Gasteiger partial charge in [-0.25, -0.2) is 0 Å². The zero-order valence-corrected chi connectivity index (χ0v) is 43.4. The van der Waals surface area contributed by atoms with Crippen molar-refractivity contribution in [1.82, 2.24) is 0 Å². The molecule has 0 saturated carbocycles. The van der Waals surface area contributed by atoms with E-state index in [9.17, 15) is 14.4 Å². The maximum atomic E-state index is 12.8. The van der Waals surface area contributed by atoms with Crippen molar-refractivity contribution in [3.05, 3.63) is 72.9 Å². The van der Waals surface area contributed by atoms with E-state index in [4.69, 9.17) is 14.2 Å². The van der Waals surface area contributed by atoms with Gasteiger partial charge in [0.05, 0.1) is 0 Å². The van der Waals surface area contributed by atoms with E-state index in [-0.39, 0.29) is 31.1 Å². The molecule has 0 radical (unpaired) electrons. The Morgan fingerprint density at radius 1 is 0.318 bits per heavy atom. The summed E-state index contributed by atoms with van der Waals surface area (Å²) in [6.45, 7) is 6.43. The first-order valence-electron chi connectivity index (χ1n) is 27.9. The molecule has 0 bridgehead atoms. The van der Waals surface area contributed by atoms with Crippen LogP contribution in [-0.4, -0.2) is 37.2 Å². The number of hydrogen-bond donors (Lipinski definition) is 0. The quantitative estimate of drug-likeness (QED) is 0.0262. The van der Waals surface area contributed by atoms with E-state index in [1.807, 2.05) is 0 Å². The van der Waals surface area contributed by atoms with Gasteiger partial charge in [0, 0.05) is 19.3 Å². The molecule has 0 aromatic rings. The van der Waals surface area contributed by atoms with Crippen LogP contribution in [0.3, 0.4) is 0 Å². The fraction of sp³-hybridized carbons (Fsp3) is 0.750. The minimum Gasteiger partial charge on any atom is -0.462 e. The van der Waals surface area contributed by atoms with E-state index in [2.05, 4.69) is 93.7 Å². The molecule has 0 aliphatic carbocycles. The monoisotopic (exact) mass is 921 g/mol. The number of esters is 3. The van der Waals surface area contributed by atoms with Gasteiger partial charge in [0.2, 0.25) is 0 Å². The minimum absolute atomic E-state index is 0.0787. The lowest BCUT2D eigenvalue weighted by molar-refractivity contribution is -0.167. The highest BCUT2D eigenvalue weighted by atomic mass is 16.6. The van der Waals surface area contributed by atoms with Crippen molar-refractivity contribution in [1.29, 1.82) is 0 Å². The van der Waals surface area contributed by atoms with Crippen molar-refractivity contribution in [3.63, 3.8) is 0 Å². The molecule has 0 aliphatic heterocycles. The van der Waals surface area contributed by atoms with Crippen LogP contribution in [0.25, 0.3) is 0 Å². The average Bonchev–Trinajstić information content (AvgIpc) is 3.31. The summed E-state index contributed by atoms with van der Waals surface area (Å²) in [4.78, 5) is 37.8. The summed E-state index contributed by atoms with van der Waals surface area (Å²) < 4.78 is 16.7. The zero-order chi connectivity index (χ0) is 47.9. The van der Waals surface area contributed by atoms with Crippen LogP contribution in [-0.2, 0) is 28.6 Å². The highest BCUT2D eigenvalue weighted by Crippen LogP contribution is 2.15. The third-order valence-corrected chi connectivity index (χ3v) is 11.9. The summed E-state index contributed by atoms with van der Waals surface area (Å²) >= 11 is 0. The predicted octanol–water partition coefficient (Wildman–Crippen LogP) is 18.6. The SMILES string of the molecule is CC/C=C\C/C=C\C/C=C\C/C=C\CCCCCCCCCCCCCCC(=O)OCC(COC(=O)CCCCCCC)OC(=O)CCCCCCCCC/C=C\C/C=C\CCCCCC. The molecule has 0 aromatic heterocycles. The summed E-state index contributed by atoms with van der Waals surface area (Å²) in [7, 11) is 0. The van der Waals surface area contributed by atoms with Gasteiger partial charge in [-0.3, -0.25) is 14.4 Å². The fourth-order valence-corrected chi connectivity index (χ4v) is 7.76. The third kappa shape index (κ3) is 51.8. The molecule has 6 nitrogen and oxygen atoms in total. The van der Waals surface area contributed by atoms with Gasteiger partial charge in [-0.1, -0.05) is 235 Å². The lowest BCUT2D eigenvalue weighted by Crippen LogP contribution is -2.30. The number of carbonyl (C=O) groups is 3. The normalized spacial score (nSPS) is 12.6. The maximum absolute atomic E-state index is 12.8. The number of hydrogen-bond acceptors (Lipinski definition) is 6. The Kier molecular flexibility index (Phi) is 51.9. The van der Waals surface area contributed by atoms with Gasteiger partial charge >= 0.3 is 17.9 Å². The van der Waals surface area contributed by atoms with Crippen LogP contribution in [0, 0.1) is 0 Å². The summed E-state index contributed by atoms with van der Waals surface area (Å²) in [5.74, 6) is -0.897. The van der Waals surface area contributed by atoms with Crippen LogP contribution >= 0.6 is 0 Å². The first-order valence-corrected chi connectivity index (χ1v) is 27.9. The first-order chi connectivity index (χ1) is 32.5. The van der Waals surface area contributed by atoms with Crippen molar-refractivity contribution >= 4 is 17.9 Å². The second kappa shape index (κ2) is 54.5. The molecular weight excluding hydrogens is 817 g/mol. The number of allylic oxidation sites excluding steroid dienone is 12. The van der Waals surface area contributed by atoms with Crippen molar-refractivity contribution in [3.8, 4) is 0 Å². The molecule has 0 fully saturated rings. The Hall–Kier alpha value is -3.15. The molecule has 0 amide bonds. The number of ether oxygens (including phenoxy) is 3. The van der Waals surface area contributed by atoms with Gasteiger partial charge in [0.1, 0.15) is 13.2 Å². The molecular formula is C60H104O6. The van der Waals surface area contributed by atoms with E-state index in [1.165, 1.54) is 128 Å². The van der Waals surface area contributed by atoms with Crippen LogP contribution in [0.15, 0.2) is 72.9 Å². The molecule has 0 aromatic carbocycles. The highest BCUT2D eigenvalue weighted by Gasteiger charge is 2.19. The van der Waals surface area contributed by atoms with Crippen LogP contribution in [0.4, 0.5) is 0 Å². The molecule has 1 unspecified atom stereocenters. The fourth-order valence-electron chi connectivity index (χ4n) is 7.76. The van der Waals surface area contributed by atoms with Crippen LogP contribution in [0.5, 0.6) is 0 Å². The Labute approximate surface area is 408 Å². The van der Waals surface area contributed by atoms with Crippen molar-refractivity contribution < 1.29 is 28.6 Å². The maximum Gasteiger partial charge on any atom is 0.306 e. The van der Waals surface area contributed by atoms with E-state index in [0.717, 1.165) is 103 Å². The second-order valence-electron chi connectivity index (χ2n) is 18.5. The molecule has 0 rings (SSSR count). The summed E-state index contributed by atoms with van der Waals surface area (Å²) in [6, 6.07) is 0. The van der Waals surface area contributed by atoms with Crippen LogP contribution in [0.2, 0.25) is 0 Å². The topological polar surface area (TPSA) is 78.9 Å². The summed E-state index contributed by atoms with van der Waals surface area (Å²) in [6.07, 6.45) is 69.3. The van der Waals surface area contributed by atoms with Crippen molar-refractivity contribution in [2.24, 2.45) is 0 Å². The standard InChI is InChI=1S/C60H104O6/c1-4-7-10-13-15-17-19-21-23-25-27-28-29-30-31-32-33-35-36-38-40-42-44-47-50-53-59(62)65-56-57(55-64-58(61)52-49-46-12-9-6-3)66-60(63)54-51-48-45-43-41-39-37-34-26-24-22-20-18-16-14-11-8-5-2/h7,10,15,17-18,20-21,23-24,26-28,57H,4-6,8-9,11-14,16,19,22,25,29-56H2,1-3H3/b10-7-,17-15-,20-18-,23-21-,26-24-,28-27-. The molecule has 0 saturated heterocycles. The van der Waals surface area contributed by atoms with Gasteiger partial charge in [-0.15, -0.1) is 0 Å². The Balaban J connectivity index is 4.10. The Morgan fingerprint density at radius 2 is 0.591 bits per heavy atom. The number of carbonyl (C=O) groups excluding carboxylic acids is 3. The van der Waals surface area contributed by atoms with Gasteiger partial charge in [0.15, 0.2) is 6.10 Å². The Bertz CT molecular complexity index is 1240. The Morgan fingerprint density at radius 3 is 0.939 bits per heavy atom. The number of unbranched alkanes of at least 4 members (excludes halogenated alkanes) is 27. The van der Waals surface area contributed by atoms with Crippen molar-refractivity contribution in [2.45, 2.75) is 277 Å². The van der Waals surface area contributed by atoms with E-state index >= 15 is 0 Å². The largest absolute Gasteiger partial charge is 0.462 e. The highest BCUT2D eigenvalue weighted by molar-refractivity contribution is 5.71. The average molecular weight is 921 g/mol. The van der Waals surface area contributed by atoms with Gasteiger partial charge in [0.25, 0.3) is 0 Å². The molecule has 66 heavy (non-hydrogen) atoms. The smallest absolute Gasteiger partial charge is 0.306 e. The summed E-state index contributed by atoms with van der Waals surface area (Å²) in [5, 5.41) is 0. The lowest BCUT2D eigenvalue weighted by atomic mass is 10.0. The molecule has 0 heterocycles. The molecule has 6 heteroatoms. The van der Waals surface area contributed by atoms with Gasteiger partial charge in [-0.2, -0.15) is 0 Å². The first kappa shape index (κ1) is 62.8. The third-order valence-electron chi connectivity index (χ3n) is 11.9. The molecule has 380 valence electrons.